The van der Waals surface area contributed by atoms with Gasteiger partial charge >= 0.3 is 5.97 Å². The van der Waals surface area contributed by atoms with Crippen LogP contribution in [0.15, 0.2) is 84.9 Å². The third-order valence-electron chi connectivity index (χ3n) is 5.69. The molecule has 0 aliphatic rings. The lowest BCUT2D eigenvalue weighted by Crippen LogP contribution is -2.30. The van der Waals surface area contributed by atoms with Crippen LogP contribution in [0.1, 0.15) is 39.4 Å². The summed E-state index contributed by atoms with van der Waals surface area (Å²) in [5, 5.41) is 6.10. The van der Waals surface area contributed by atoms with E-state index in [1.54, 1.807) is 50.2 Å². The largest absolute Gasteiger partial charge is 0.481 e. The van der Waals surface area contributed by atoms with Crippen molar-refractivity contribution in [1.29, 1.82) is 0 Å². The van der Waals surface area contributed by atoms with Crippen molar-refractivity contribution < 1.29 is 23.9 Å². The van der Waals surface area contributed by atoms with Gasteiger partial charge < -0.3 is 20.1 Å². The van der Waals surface area contributed by atoms with E-state index < -0.39 is 12.1 Å². The summed E-state index contributed by atoms with van der Waals surface area (Å²) in [7, 11) is 0. The Labute approximate surface area is 225 Å². The molecule has 7 nitrogen and oxygen atoms in total. The second-order valence-corrected chi connectivity index (χ2v) is 9.64. The Morgan fingerprint density at radius 3 is 2.13 bits per heavy atom. The molecule has 1 heterocycles. The van der Waals surface area contributed by atoms with E-state index in [9.17, 15) is 14.4 Å². The molecule has 4 rings (SSSR count). The van der Waals surface area contributed by atoms with Gasteiger partial charge in [-0.25, -0.2) is 4.79 Å². The molecule has 1 atom stereocenters. The molecule has 0 aliphatic heterocycles. The molecular formula is C30H28N2O5S. The van der Waals surface area contributed by atoms with Crippen LogP contribution in [-0.2, 0) is 9.53 Å². The highest BCUT2D eigenvalue weighted by Crippen LogP contribution is 2.40. The van der Waals surface area contributed by atoms with Crippen molar-refractivity contribution in [2.75, 3.05) is 17.2 Å². The van der Waals surface area contributed by atoms with Crippen LogP contribution in [0.3, 0.4) is 0 Å². The van der Waals surface area contributed by atoms with Crippen molar-refractivity contribution >= 4 is 39.8 Å². The second-order valence-electron chi connectivity index (χ2n) is 8.42. The Morgan fingerprint density at radius 1 is 0.868 bits per heavy atom. The van der Waals surface area contributed by atoms with Gasteiger partial charge in [0.15, 0.2) is 6.10 Å². The van der Waals surface area contributed by atoms with Gasteiger partial charge in [-0.05, 0) is 62.7 Å². The Morgan fingerprint density at radius 2 is 1.50 bits per heavy atom. The number of para-hydroxylation sites is 1. The first kappa shape index (κ1) is 26.6. The smallest absolute Gasteiger partial charge is 0.341 e. The van der Waals surface area contributed by atoms with Crippen LogP contribution in [-0.4, -0.2) is 30.5 Å². The lowest BCUT2D eigenvalue weighted by Gasteiger charge is -2.15. The number of amides is 2. The van der Waals surface area contributed by atoms with Crippen LogP contribution in [0.25, 0.3) is 11.1 Å². The fourth-order valence-electron chi connectivity index (χ4n) is 3.87. The third kappa shape index (κ3) is 6.27. The van der Waals surface area contributed by atoms with E-state index in [0.717, 1.165) is 16.0 Å². The van der Waals surface area contributed by atoms with Gasteiger partial charge in [0.25, 0.3) is 11.8 Å². The molecule has 194 valence electrons. The summed E-state index contributed by atoms with van der Waals surface area (Å²) in [4.78, 5) is 39.3. The Kier molecular flexibility index (Phi) is 8.55. The first-order chi connectivity index (χ1) is 18.4. The number of esters is 1. The van der Waals surface area contributed by atoms with Gasteiger partial charge in [-0.2, -0.15) is 0 Å². The zero-order valence-electron chi connectivity index (χ0n) is 21.3. The number of ether oxygens (including phenoxy) is 2. The van der Waals surface area contributed by atoms with Gasteiger partial charge in [0.05, 0.1) is 6.61 Å². The maximum absolute atomic E-state index is 13.1. The van der Waals surface area contributed by atoms with Crippen molar-refractivity contribution in [1.82, 2.24) is 0 Å². The second kappa shape index (κ2) is 12.2. The highest BCUT2D eigenvalue weighted by Gasteiger charge is 2.26. The monoisotopic (exact) mass is 528 g/mol. The van der Waals surface area contributed by atoms with E-state index in [2.05, 4.69) is 10.6 Å². The maximum atomic E-state index is 13.1. The normalized spacial score (nSPS) is 11.3. The van der Waals surface area contributed by atoms with Gasteiger partial charge in [0, 0.05) is 21.7 Å². The van der Waals surface area contributed by atoms with Gasteiger partial charge in [-0.15, -0.1) is 11.3 Å². The molecule has 2 N–H and O–H groups in total. The molecule has 0 radical (unpaired) electrons. The number of hydrogen-bond donors (Lipinski definition) is 2. The fourth-order valence-corrected chi connectivity index (χ4v) is 4.93. The maximum Gasteiger partial charge on any atom is 0.341 e. The SMILES string of the molecule is CCOC(=O)c1c(NC(=O)c2ccc(OC(C)C(=O)Nc3ccccc3)cc2)sc(C)c1-c1ccccc1. The minimum absolute atomic E-state index is 0.221. The van der Waals surface area contributed by atoms with E-state index in [4.69, 9.17) is 9.47 Å². The number of aryl methyl sites for hydroxylation is 1. The molecule has 38 heavy (non-hydrogen) atoms. The van der Waals surface area contributed by atoms with Gasteiger partial charge in [-0.1, -0.05) is 48.5 Å². The molecule has 0 bridgehead atoms. The Balaban J connectivity index is 1.48. The van der Waals surface area contributed by atoms with E-state index >= 15 is 0 Å². The summed E-state index contributed by atoms with van der Waals surface area (Å²) in [5.41, 5.74) is 3.02. The summed E-state index contributed by atoms with van der Waals surface area (Å²) in [6.45, 7) is 5.53. The summed E-state index contributed by atoms with van der Waals surface area (Å²) in [6, 6.07) is 25.1. The van der Waals surface area contributed by atoms with Crippen molar-refractivity contribution in [3.8, 4) is 16.9 Å². The van der Waals surface area contributed by atoms with Crippen LogP contribution >= 0.6 is 11.3 Å². The van der Waals surface area contributed by atoms with Gasteiger partial charge in [0.1, 0.15) is 16.3 Å². The molecule has 0 aliphatic carbocycles. The van der Waals surface area contributed by atoms with Crippen LogP contribution < -0.4 is 15.4 Å². The van der Waals surface area contributed by atoms with Crippen molar-refractivity contribution in [2.24, 2.45) is 0 Å². The van der Waals surface area contributed by atoms with E-state index in [0.29, 0.717) is 27.6 Å². The number of benzene rings is 3. The van der Waals surface area contributed by atoms with E-state index in [-0.39, 0.29) is 18.4 Å². The molecule has 0 spiro atoms. The van der Waals surface area contributed by atoms with Crippen LogP contribution in [0.4, 0.5) is 10.7 Å². The molecule has 3 aromatic carbocycles. The summed E-state index contributed by atoms with van der Waals surface area (Å²) in [5.74, 6) is -0.704. The van der Waals surface area contributed by atoms with Crippen molar-refractivity contribution in [3.63, 3.8) is 0 Å². The highest BCUT2D eigenvalue weighted by atomic mass is 32.1. The average molecular weight is 529 g/mol. The topological polar surface area (TPSA) is 93.7 Å². The summed E-state index contributed by atoms with van der Waals surface area (Å²) in [6.07, 6.45) is -0.743. The average Bonchev–Trinajstić information content (AvgIpc) is 3.25. The van der Waals surface area contributed by atoms with Crippen LogP contribution in [0.5, 0.6) is 5.75 Å². The molecule has 0 saturated heterocycles. The number of anilines is 2. The molecule has 4 aromatic rings. The molecule has 1 aromatic heterocycles. The van der Waals surface area contributed by atoms with E-state index in [1.807, 2.05) is 55.5 Å². The first-order valence-corrected chi connectivity index (χ1v) is 13.0. The minimum Gasteiger partial charge on any atom is -0.481 e. The molecule has 8 heteroatoms. The molecule has 0 saturated carbocycles. The van der Waals surface area contributed by atoms with Crippen molar-refractivity contribution in [2.45, 2.75) is 26.9 Å². The van der Waals surface area contributed by atoms with Crippen molar-refractivity contribution in [3.05, 3.63) is 101 Å². The number of hydrogen-bond acceptors (Lipinski definition) is 6. The first-order valence-electron chi connectivity index (χ1n) is 12.2. The fraction of sp³-hybridized carbons (Fsp3) is 0.167. The molecular weight excluding hydrogens is 500 g/mol. The predicted molar refractivity (Wildman–Crippen MR) is 150 cm³/mol. The number of thiophene rings is 1. The molecule has 0 fully saturated rings. The molecule has 1 unspecified atom stereocenters. The highest BCUT2D eigenvalue weighted by molar-refractivity contribution is 7.17. The number of carbonyl (C=O) groups is 3. The lowest BCUT2D eigenvalue weighted by molar-refractivity contribution is -0.122. The third-order valence-corrected chi connectivity index (χ3v) is 6.71. The summed E-state index contributed by atoms with van der Waals surface area (Å²) >= 11 is 1.33. The number of rotatable bonds is 9. The quantitative estimate of drug-likeness (QED) is 0.240. The number of carbonyl (C=O) groups excluding carboxylic acids is 3. The summed E-state index contributed by atoms with van der Waals surface area (Å²) < 4.78 is 11.1. The standard InChI is InChI=1S/C30H28N2O5S/c1-4-36-30(35)26-25(21-11-7-5-8-12-21)20(3)38-29(26)32-28(34)22-15-17-24(18-16-22)37-19(2)27(33)31-23-13-9-6-10-14-23/h5-19H,4H2,1-3H3,(H,31,33)(H,32,34). The number of nitrogens with one attached hydrogen (secondary N) is 2. The van der Waals surface area contributed by atoms with E-state index in [1.165, 1.54) is 11.3 Å². The Hall–Kier alpha value is -4.43. The lowest BCUT2D eigenvalue weighted by atomic mass is 10.0. The minimum atomic E-state index is -0.743. The van der Waals surface area contributed by atoms with Crippen LogP contribution in [0, 0.1) is 6.92 Å². The zero-order chi connectivity index (χ0) is 27.1. The Bertz CT molecular complexity index is 1420. The van der Waals surface area contributed by atoms with Gasteiger partial charge in [-0.3, -0.25) is 9.59 Å². The molecule has 2 amide bonds. The van der Waals surface area contributed by atoms with Gasteiger partial charge in [0.2, 0.25) is 0 Å². The van der Waals surface area contributed by atoms with Crippen LogP contribution in [0.2, 0.25) is 0 Å². The predicted octanol–water partition coefficient (Wildman–Crippen LogP) is 6.56. The zero-order valence-corrected chi connectivity index (χ0v) is 22.1.